The number of halogens is 3. The second-order valence-corrected chi connectivity index (χ2v) is 9.16. The number of hydrogen-bond donors (Lipinski definition) is 1. The Hall–Kier alpha value is -1.55. The van der Waals surface area contributed by atoms with Crippen LogP contribution in [0.4, 0.5) is 13.2 Å². The second kappa shape index (κ2) is 8.44. The molecule has 3 rings (SSSR count). The molecule has 2 heterocycles. The first kappa shape index (κ1) is 21.2. The fraction of sp³-hybridized carbons (Fsp3) is 0.421. The van der Waals surface area contributed by atoms with Gasteiger partial charge in [0.25, 0.3) is 0 Å². The smallest absolute Gasteiger partial charge is 0.401 e. The molecule has 0 spiro atoms. The summed E-state index contributed by atoms with van der Waals surface area (Å²) < 4.78 is 44.9. The van der Waals surface area contributed by atoms with E-state index in [1.54, 1.807) is 37.1 Å². The molecule has 0 radical (unpaired) electrons. The highest BCUT2D eigenvalue weighted by Crippen LogP contribution is 2.43. The molecule has 1 aliphatic rings. The molecule has 0 bridgehead atoms. The summed E-state index contributed by atoms with van der Waals surface area (Å²) in [5.74, 6) is 0. The molecule has 0 aliphatic carbocycles. The standard InChI is InChI=1S/C19H21F3N2O2S2/c1-13(23-25)14-3-5-15(6-4-14)27-17-8-7-16(28-17)18(26-2)9-10-24(11-18)12-19(20,21)22/h3-8,25H,9-12H2,1-2H3. The molecule has 1 saturated heterocycles. The van der Waals surface area contributed by atoms with Crippen molar-refractivity contribution >= 4 is 28.8 Å². The number of rotatable bonds is 6. The summed E-state index contributed by atoms with van der Waals surface area (Å²) >= 11 is 3.13. The Morgan fingerprint density at radius 3 is 2.61 bits per heavy atom. The van der Waals surface area contributed by atoms with Gasteiger partial charge in [-0.2, -0.15) is 13.2 Å². The summed E-state index contributed by atoms with van der Waals surface area (Å²) in [5.41, 5.74) is 0.696. The van der Waals surface area contributed by atoms with Crippen LogP contribution in [0.3, 0.4) is 0 Å². The quantitative estimate of drug-likeness (QED) is 0.388. The van der Waals surface area contributed by atoms with Crippen LogP contribution in [0, 0.1) is 0 Å². The van der Waals surface area contributed by atoms with E-state index in [1.807, 2.05) is 36.4 Å². The minimum absolute atomic E-state index is 0.238. The van der Waals surface area contributed by atoms with Gasteiger partial charge in [-0.05, 0) is 43.2 Å². The topological polar surface area (TPSA) is 45.1 Å². The predicted octanol–water partition coefficient (Wildman–Crippen LogP) is 5.21. The van der Waals surface area contributed by atoms with Crippen LogP contribution < -0.4 is 0 Å². The van der Waals surface area contributed by atoms with Crippen molar-refractivity contribution in [2.45, 2.75) is 34.2 Å². The molecule has 9 heteroatoms. The van der Waals surface area contributed by atoms with Gasteiger partial charge in [-0.25, -0.2) is 0 Å². The van der Waals surface area contributed by atoms with Gasteiger partial charge >= 0.3 is 6.18 Å². The highest BCUT2D eigenvalue weighted by atomic mass is 32.2. The van der Waals surface area contributed by atoms with E-state index in [9.17, 15) is 13.2 Å². The summed E-state index contributed by atoms with van der Waals surface area (Å²) in [6, 6.07) is 11.6. The van der Waals surface area contributed by atoms with Crippen molar-refractivity contribution < 1.29 is 23.1 Å². The van der Waals surface area contributed by atoms with Crippen LogP contribution in [-0.2, 0) is 10.3 Å². The number of oxime groups is 1. The number of methoxy groups -OCH3 is 1. The molecule has 152 valence electrons. The van der Waals surface area contributed by atoms with Gasteiger partial charge in [-0.1, -0.05) is 29.1 Å². The largest absolute Gasteiger partial charge is 0.411 e. The van der Waals surface area contributed by atoms with Gasteiger partial charge in [0.05, 0.1) is 16.5 Å². The van der Waals surface area contributed by atoms with Gasteiger partial charge < -0.3 is 9.94 Å². The maximum atomic E-state index is 12.7. The Labute approximate surface area is 170 Å². The highest BCUT2D eigenvalue weighted by Gasteiger charge is 2.44. The maximum Gasteiger partial charge on any atom is 0.401 e. The lowest BCUT2D eigenvalue weighted by Gasteiger charge is -2.27. The van der Waals surface area contributed by atoms with E-state index in [1.165, 1.54) is 4.90 Å². The molecule has 1 aromatic carbocycles. The third-order valence-corrected chi connectivity index (χ3v) is 7.19. The predicted molar refractivity (Wildman–Crippen MR) is 105 cm³/mol. The zero-order valence-electron chi connectivity index (χ0n) is 15.5. The Morgan fingerprint density at radius 2 is 2.00 bits per heavy atom. The average molecular weight is 431 g/mol. The number of alkyl halides is 3. The van der Waals surface area contributed by atoms with Crippen LogP contribution in [0.2, 0.25) is 0 Å². The van der Waals surface area contributed by atoms with Gasteiger partial charge in [0.1, 0.15) is 5.60 Å². The zero-order chi connectivity index (χ0) is 20.4. The number of thiophene rings is 1. The number of benzene rings is 1. The molecule has 0 saturated carbocycles. The summed E-state index contributed by atoms with van der Waals surface area (Å²) in [6.45, 7) is 1.42. The van der Waals surface area contributed by atoms with Gasteiger partial charge in [0, 0.05) is 30.0 Å². The third kappa shape index (κ3) is 4.89. The first-order valence-electron chi connectivity index (χ1n) is 8.66. The lowest BCUT2D eigenvalue weighted by molar-refractivity contribution is -0.145. The van der Waals surface area contributed by atoms with E-state index in [-0.39, 0.29) is 6.54 Å². The van der Waals surface area contributed by atoms with Crippen molar-refractivity contribution in [2.24, 2.45) is 5.16 Å². The molecule has 2 aromatic rings. The Balaban J connectivity index is 1.70. The Morgan fingerprint density at radius 1 is 1.29 bits per heavy atom. The van der Waals surface area contributed by atoms with Crippen LogP contribution >= 0.6 is 23.1 Å². The number of likely N-dealkylation sites (tertiary alicyclic amines) is 1. The lowest BCUT2D eigenvalue weighted by Crippen LogP contribution is -2.36. The first-order chi connectivity index (χ1) is 13.2. The highest BCUT2D eigenvalue weighted by molar-refractivity contribution is 8.01. The van der Waals surface area contributed by atoms with E-state index in [0.717, 1.165) is 19.5 Å². The van der Waals surface area contributed by atoms with Crippen LogP contribution in [0.25, 0.3) is 0 Å². The molecule has 1 unspecified atom stereocenters. The van der Waals surface area contributed by atoms with Crippen LogP contribution in [0.1, 0.15) is 23.8 Å². The molecule has 1 aliphatic heterocycles. The van der Waals surface area contributed by atoms with Crippen LogP contribution in [0.5, 0.6) is 0 Å². The van der Waals surface area contributed by atoms with E-state index < -0.39 is 18.3 Å². The summed E-state index contributed by atoms with van der Waals surface area (Å²) in [7, 11) is 1.56. The molecule has 28 heavy (non-hydrogen) atoms. The average Bonchev–Trinajstić information content (AvgIpc) is 3.28. The van der Waals surface area contributed by atoms with E-state index in [4.69, 9.17) is 9.94 Å². The van der Waals surface area contributed by atoms with E-state index in [2.05, 4.69) is 5.16 Å². The molecule has 4 nitrogen and oxygen atoms in total. The molecule has 0 amide bonds. The normalized spacial score (nSPS) is 21.4. The first-order valence-corrected chi connectivity index (χ1v) is 10.3. The molecule has 1 atom stereocenters. The lowest BCUT2D eigenvalue weighted by atomic mass is 10.0. The summed E-state index contributed by atoms with van der Waals surface area (Å²) in [5, 5.41) is 12.0. The van der Waals surface area contributed by atoms with E-state index >= 15 is 0 Å². The van der Waals surface area contributed by atoms with Gasteiger partial charge in [0.15, 0.2) is 0 Å². The molecular weight excluding hydrogens is 409 g/mol. The van der Waals surface area contributed by atoms with Crippen LogP contribution in [-0.4, -0.2) is 48.7 Å². The fourth-order valence-corrected chi connectivity index (χ4v) is 5.56. The summed E-state index contributed by atoms with van der Waals surface area (Å²) in [6.07, 6.45) is -3.66. The van der Waals surface area contributed by atoms with Crippen molar-refractivity contribution in [2.75, 3.05) is 26.7 Å². The molecular formula is C19H21F3N2O2S2. The fourth-order valence-electron chi connectivity index (χ4n) is 3.27. The molecule has 1 N–H and O–H groups in total. The maximum absolute atomic E-state index is 12.7. The SMILES string of the molecule is COC1(c2ccc(Sc3ccc(C(C)=NO)cc3)s2)CCN(CC(F)(F)F)C1. The van der Waals surface area contributed by atoms with Gasteiger partial charge in [-0.3, -0.25) is 4.90 Å². The molecule has 1 fully saturated rings. The zero-order valence-corrected chi connectivity index (χ0v) is 17.1. The molecule has 1 aromatic heterocycles. The van der Waals surface area contributed by atoms with Crippen molar-refractivity contribution in [1.82, 2.24) is 4.90 Å². The van der Waals surface area contributed by atoms with Crippen LogP contribution in [0.15, 0.2) is 50.7 Å². The van der Waals surface area contributed by atoms with Crippen molar-refractivity contribution in [3.05, 3.63) is 46.8 Å². The third-order valence-electron chi connectivity index (χ3n) is 4.78. The minimum Gasteiger partial charge on any atom is -0.411 e. The van der Waals surface area contributed by atoms with Crippen molar-refractivity contribution in [3.63, 3.8) is 0 Å². The number of hydrogen-bond acceptors (Lipinski definition) is 6. The van der Waals surface area contributed by atoms with Gasteiger partial charge in [0.2, 0.25) is 0 Å². The summed E-state index contributed by atoms with van der Waals surface area (Å²) in [4.78, 5) is 3.38. The van der Waals surface area contributed by atoms with E-state index in [0.29, 0.717) is 18.7 Å². The minimum atomic E-state index is -4.20. The number of ether oxygens (including phenoxy) is 1. The monoisotopic (exact) mass is 430 g/mol. The number of nitrogens with zero attached hydrogens (tertiary/aromatic N) is 2. The Kier molecular flexibility index (Phi) is 6.38. The Bertz CT molecular complexity index is 836. The van der Waals surface area contributed by atoms with Gasteiger partial charge in [-0.15, -0.1) is 11.3 Å². The van der Waals surface area contributed by atoms with Crippen molar-refractivity contribution in [3.8, 4) is 0 Å². The van der Waals surface area contributed by atoms with Crippen molar-refractivity contribution in [1.29, 1.82) is 0 Å². The second-order valence-electron chi connectivity index (χ2n) is 6.70.